The zero-order chi connectivity index (χ0) is 11.8. The normalized spacial score (nSPS) is 13.1. The van der Waals surface area contributed by atoms with E-state index in [2.05, 4.69) is 10.3 Å². The van der Waals surface area contributed by atoms with Gasteiger partial charge >= 0.3 is 0 Å². The van der Waals surface area contributed by atoms with Crippen LogP contribution in [0.1, 0.15) is 11.4 Å². The van der Waals surface area contributed by atoms with Crippen molar-refractivity contribution in [3.8, 4) is 17.2 Å². The Hall–Kier alpha value is -1.75. The average Bonchev–Trinajstić information content (AvgIpc) is 2.94. The first-order valence-electron chi connectivity index (χ1n) is 5.17. The van der Waals surface area contributed by atoms with Crippen molar-refractivity contribution in [2.24, 2.45) is 0 Å². The molecule has 0 spiro atoms. The van der Waals surface area contributed by atoms with Gasteiger partial charge in [-0.2, -0.15) is 0 Å². The van der Waals surface area contributed by atoms with Crippen LogP contribution in [-0.2, 0) is 5.88 Å². The summed E-state index contributed by atoms with van der Waals surface area (Å²) in [5.74, 6) is 1.84. The third kappa shape index (κ3) is 1.63. The highest BCUT2D eigenvalue weighted by Crippen LogP contribution is 2.33. The van der Waals surface area contributed by atoms with Crippen LogP contribution in [0.2, 0.25) is 0 Å². The Labute approximate surface area is 103 Å². The molecule has 3 rings (SSSR count). The van der Waals surface area contributed by atoms with E-state index in [1.54, 1.807) is 4.68 Å². The van der Waals surface area contributed by atoms with E-state index in [1.165, 1.54) is 0 Å². The first-order valence-corrected chi connectivity index (χ1v) is 5.70. The Morgan fingerprint density at radius 1 is 1.35 bits per heavy atom. The Morgan fingerprint density at radius 2 is 2.18 bits per heavy atom. The van der Waals surface area contributed by atoms with Gasteiger partial charge in [-0.15, -0.1) is 16.7 Å². The van der Waals surface area contributed by atoms with E-state index in [0.29, 0.717) is 5.88 Å². The lowest BCUT2D eigenvalue weighted by molar-refractivity contribution is 0.174. The molecule has 1 aliphatic heterocycles. The van der Waals surface area contributed by atoms with Gasteiger partial charge in [0.2, 0.25) is 6.79 Å². The fourth-order valence-electron chi connectivity index (χ4n) is 1.75. The Bertz CT molecular complexity index is 568. The summed E-state index contributed by atoms with van der Waals surface area (Å²) in [4.78, 5) is 0. The van der Waals surface area contributed by atoms with Gasteiger partial charge in [-0.3, -0.25) is 0 Å². The van der Waals surface area contributed by atoms with Crippen molar-refractivity contribution in [2.75, 3.05) is 6.79 Å². The van der Waals surface area contributed by atoms with Crippen molar-refractivity contribution in [3.63, 3.8) is 0 Å². The van der Waals surface area contributed by atoms with Gasteiger partial charge in [0.15, 0.2) is 11.5 Å². The largest absolute Gasteiger partial charge is 0.454 e. The van der Waals surface area contributed by atoms with Crippen LogP contribution in [0.25, 0.3) is 5.69 Å². The molecule has 0 amide bonds. The molecule has 1 aromatic carbocycles. The highest BCUT2D eigenvalue weighted by Gasteiger charge is 2.16. The molecule has 0 fully saturated rings. The zero-order valence-corrected chi connectivity index (χ0v) is 9.94. The molecule has 0 bridgehead atoms. The number of benzene rings is 1. The number of rotatable bonds is 2. The van der Waals surface area contributed by atoms with Crippen LogP contribution >= 0.6 is 11.6 Å². The lowest BCUT2D eigenvalue weighted by atomic mass is 10.2. The maximum atomic E-state index is 5.77. The van der Waals surface area contributed by atoms with Crippen molar-refractivity contribution in [2.45, 2.75) is 12.8 Å². The number of hydrogen-bond acceptors (Lipinski definition) is 4. The number of fused-ring (bicyclic) bond motifs is 1. The molecule has 17 heavy (non-hydrogen) atoms. The topological polar surface area (TPSA) is 49.2 Å². The third-order valence-corrected chi connectivity index (χ3v) is 2.97. The lowest BCUT2D eigenvalue weighted by Gasteiger charge is -2.04. The predicted octanol–water partition coefficient (Wildman–Crippen LogP) is 2.04. The fraction of sp³-hybridized carbons (Fsp3) is 0.273. The van der Waals surface area contributed by atoms with Crippen molar-refractivity contribution < 1.29 is 9.47 Å². The van der Waals surface area contributed by atoms with E-state index in [0.717, 1.165) is 28.6 Å². The number of ether oxygens (including phenoxy) is 2. The summed E-state index contributed by atoms with van der Waals surface area (Å²) in [6, 6.07) is 5.65. The molecular weight excluding hydrogens is 242 g/mol. The molecule has 0 unspecified atom stereocenters. The second-order valence-electron chi connectivity index (χ2n) is 3.70. The van der Waals surface area contributed by atoms with Crippen molar-refractivity contribution >= 4 is 11.6 Å². The van der Waals surface area contributed by atoms with Gasteiger partial charge in [-0.25, -0.2) is 4.68 Å². The molecule has 0 atom stereocenters. The van der Waals surface area contributed by atoms with E-state index in [1.807, 2.05) is 25.1 Å². The monoisotopic (exact) mass is 251 g/mol. The van der Waals surface area contributed by atoms with E-state index >= 15 is 0 Å². The molecule has 6 heteroatoms. The summed E-state index contributed by atoms with van der Waals surface area (Å²) in [5.41, 5.74) is 2.60. The molecule has 0 saturated heterocycles. The van der Waals surface area contributed by atoms with Gasteiger partial charge in [0.1, 0.15) is 5.69 Å². The molecule has 0 aliphatic carbocycles. The summed E-state index contributed by atoms with van der Waals surface area (Å²) < 4.78 is 12.3. The summed E-state index contributed by atoms with van der Waals surface area (Å²) in [6.07, 6.45) is 0. The second kappa shape index (κ2) is 3.92. The van der Waals surface area contributed by atoms with E-state index in [4.69, 9.17) is 21.1 Å². The van der Waals surface area contributed by atoms with Crippen molar-refractivity contribution in [1.82, 2.24) is 15.0 Å². The minimum Gasteiger partial charge on any atom is -0.454 e. The first kappa shape index (κ1) is 10.4. The van der Waals surface area contributed by atoms with Crippen LogP contribution < -0.4 is 9.47 Å². The molecule has 5 nitrogen and oxygen atoms in total. The van der Waals surface area contributed by atoms with Gasteiger partial charge in [0.25, 0.3) is 0 Å². The molecule has 0 N–H and O–H groups in total. The molecule has 2 aromatic rings. The van der Waals surface area contributed by atoms with Crippen LogP contribution in [0.4, 0.5) is 0 Å². The summed E-state index contributed by atoms with van der Waals surface area (Å²) >= 11 is 5.77. The van der Waals surface area contributed by atoms with Crippen LogP contribution in [0, 0.1) is 6.92 Å². The smallest absolute Gasteiger partial charge is 0.231 e. The number of alkyl halides is 1. The van der Waals surface area contributed by atoms with E-state index < -0.39 is 0 Å². The van der Waals surface area contributed by atoms with Crippen LogP contribution in [0.3, 0.4) is 0 Å². The van der Waals surface area contributed by atoms with Gasteiger partial charge < -0.3 is 9.47 Å². The van der Waals surface area contributed by atoms with Gasteiger partial charge in [0, 0.05) is 6.07 Å². The highest BCUT2D eigenvalue weighted by molar-refractivity contribution is 6.16. The molecule has 1 aliphatic rings. The lowest BCUT2D eigenvalue weighted by Crippen LogP contribution is -1.99. The molecule has 2 heterocycles. The molecule has 0 saturated carbocycles. The molecule has 1 aromatic heterocycles. The highest BCUT2D eigenvalue weighted by atomic mass is 35.5. The van der Waals surface area contributed by atoms with Gasteiger partial charge in [-0.1, -0.05) is 5.21 Å². The maximum absolute atomic E-state index is 5.77. The number of aromatic nitrogens is 3. The maximum Gasteiger partial charge on any atom is 0.231 e. The summed E-state index contributed by atoms with van der Waals surface area (Å²) in [7, 11) is 0. The van der Waals surface area contributed by atoms with E-state index in [-0.39, 0.29) is 6.79 Å². The van der Waals surface area contributed by atoms with Crippen molar-refractivity contribution in [1.29, 1.82) is 0 Å². The average molecular weight is 252 g/mol. The number of hydrogen-bond donors (Lipinski definition) is 0. The quantitative estimate of drug-likeness (QED) is 0.767. The van der Waals surface area contributed by atoms with Crippen LogP contribution in [0.15, 0.2) is 18.2 Å². The molecule has 88 valence electrons. The van der Waals surface area contributed by atoms with E-state index in [9.17, 15) is 0 Å². The number of nitrogens with zero attached hydrogens (tertiary/aromatic N) is 3. The van der Waals surface area contributed by atoms with Gasteiger partial charge in [-0.05, 0) is 19.1 Å². The Kier molecular flexibility index (Phi) is 2.40. The number of halogens is 1. The minimum atomic E-state index is 0.266. The fourth-order valence-corrected chi connectivity index (χ4v) is 1.99. The molecule has 0 radical (unpaired) electrons. The van der Waals surface area contributed by atoms with Crippen LogP contribution in [-0.4, -0.2) is 21.8 Å². The van der Waals surface area contributed by atoms with Crippen molar-refractivity contribution in [3.05, 3.63) is 29.6 Å². The minimum absolute atomic E-state index is 0.266. The molecular formula is C11H10ClN3O2. The third-order valence-electron chi connectivity index (χ3n) is 2.72. The van der Waals surface area contributed by atoms with Gasteiger partial charge in [0.05, 0.1) is 17.3 Å². The Balaban J connectivity index is 2.06. The first-order chi connectivity index (χ1) is 8.29. The SMILES string of the molecule is Cc1c(CCl)nnn1-c1ccc2c(c1)OCO2. The second-order valence-corrected chi connectivity index (χ2v) is 3.97. The Morgan fingerprint density at radius 3 is 2.94 bits per heavy atom. The summed E-state index contributed by atoms with van der Waals surface area (Å²) in [6.45, 7) is 2.20. The standard InChI is InChI=1S/C11H10ClN3O2/c1-7-9(5-12)13-14-15(7)8-2-3-10-11(4-8)17-6-16-10/h2-4H,5-6H2,1H3. The zero-order valence-electron chi connectivity index (χ0n) is 9.18. The van der Waals surface area contributed by atoms with Crippen LogP contribution in [0.5, 0.6) is 11.5 Å². The predicted molar refractivity (Wildman–Crippen MR) is 61.8 cm³/mol. The summed E-state index contributed by atoms with van der Waals surface area (Å²) in [5, 5.41) is 8.08.